The molecule has 1 heterocycles. The van der Waals surface area contributed by atoms with E-state index in [1.165, 1.54) is 0 Å². The molecule has 1 atom stereocenters. The summed E-state index contributed by atoms with van der Waals surface area (Å²) in [6.45, 7) is 13.6. The fourth-order valence-corrected chi connectivity index (χ4v) is 4.43. The number of piperazine rings is 1. The van der Waals surface area contributed by atoms with Crippen LogP contribution in [0, 0.1) is 11.8 Å². The summed E-state index contributed by atoms with van der Waals surface area (Å²) >= 11 is 0. The van der Waals surface area contributed by atoms with Gasteiger partial charge in [-0.3, -0.25) is 14.5 Å². The van der Waals surface area contributed by atoms with Crippen molar-refractivity contribution in [3.05, 3.63) is 35.9 Å². The Labute approximate surface area is 206 Å². The van der Waals surface area contributed by atoms with Crippen LogP contribution in [-0.2, 0) is 9.59 Å². The number of benzene rings is 1. The van der Waals surface area contributed by atoms with Crippen molar-refractivity contribution in [1.82, 2.24) is 14.7 Å². The van der Waals surface area contributed by atoms with Crippen molar-refractivity contribution in [2.24, 2.45) is 11.8 Å². The number of amides is 2. The largest absolute Gasteiger partial charge is 0.496 e. The lowest BCUT2D eigenvalue weighted by atomic mass is 9.97. The minimum atomic E-state index is -0.0387. The molecular formula is C28H45N3O3. The molecule has 0 saturated carbocycles. The molecule has 34 heavy (non-hydrogen) atoms. The SMILES string of the molecule is CCCCC(CC)C(=O)N1CCN(CCN(CC=Cc2ccccc2OC)C(=O)C(C)C)CC1. The van der Waals surface area contributed by atoms with E-state index in [1.807, 2.05) is 60.1 Å². The van der Waals surface area contributed by atoms with Crippen LogP contribution < -0.4 is 4.74 Å². The Morgan fingerprint density at radius 2 is 1.82 bits per heavy atom. The van der Waals surface area contributed by atoms with Crippen molar-refractivity contribution >= 4 is 17.9 Å². The molecule has 1 fully saturated rings. The van der Waals surface area contributed by atoms with Crippen LogP contribution in [0.25, 0.3) is 6.08 Å². The monoisotopic (exact) mass is 471 g/mol. The molecule has 0 radical (unpaired) electrons. The third kappa shape index (κ3) is 8.46. The molecule has 6 nitrogen and oxygen atoms in total. The Kier molecular flexibility index (Phi) is 12.2. The molecule has 6 heteroatoms. The van der Waals surface area contributed by atoms with Crippen molar-refractivity contribution in [2.75, 3.05) is 52.9 Å². The topological polar surface area (TPSA) is 53.1 Å². The quantitative estimate of drug-likeness (QED) is 0.423. The number of unbranched alkanes of at least 4 members (excludes halogenated alkanes) is 1. The second kappa shape index (κ2) is 14.8. The Hall–Kier alpha value is -2.34. The zero-order valence-electron chi connectivity index (χ0n) is 22.0. The van der Waals surface area contributed by atoms with Gasteiger partial charge in [0.05, 0.1) is 7.11 Å². The lowest BCUT2D eigenvalue weighted by molar-refractivity contribution is -0.137. The predicted octanol–water partition coefficient (Wildman–Crippen LogP) is 4.55. The molecule has 0 bridgehead atoms. The Bertz CT molecular complexity index is 785. The first-order valence-corrected chi connectivity index (χ1v) is 13.0. The highest BCUT2D eigenvalue weighted by Gasteiger charge is 2.26. The van der Waals surface area contributed by atoms with Gasteiger partial charge in [-0.05, 0) is 18.9 Å². The first-order valence-electron chi connectivity index (χ1n) is 13.0. The Morgan fingerprint density at radius 1 is 1.12 bits per heavy atom. The van der Waals surface area contributed by atoms with E-state index in [4.69, 9.17) is 4.74 Å². The molecule has 1 aliphatic heterocycles. The second-order valence-corrected chi connectivity index (χ2v) is 9.50. The zero-order chi connectivity index (χ0) is 24.9. The highest BCUT2D eigenvalue weighted by Crippen LogP contribution is 2.19. The van der Waals surface area contributed by atoms with Gasteiger partial charge in [-0.1, -0.05) is 70.9 Å². The van der Waals surface area contributed by atoms with Crippen molar-refractivity contribution in [3.63, 3.8) is 0 Å². The van der Waals surface area contributed by atoms with E-state index in [-0.39, 0.29) is 17.7 Å². The van der Waals surface area contributed by atoms with Gasteiger partial charge in [0.2, 0.25) is 11.8 Å². The van der Waals surface area contributed by atoms with Crippen LogP contribution in [-0.4, -0.2) is 79.4 Å². The summed E-state index contributed by atoms with van der Waals surface area (Å²) in [4.78, 5) is 32.1. The molecule has 1 aromatic rings. The summed E-state index contributed by atoms with van der Waals surface area (Å²) in [7, 11) is 1.67. The average Bonchev–Trinajstić information content (AvgIpc) is 2.86. The first-order chi connectivity index (χ1) is 16.4. The first kappa shape index (κ1) is 27.9. The third-order valence-electron chi connectivity index (χ3n) is 6.69. The van der Waals surface area contributed by atoms with Crippen molar-refractivity contribution in [2.45, 2.75) is 53.4 Å². The number of carbonyl (C=O) groups is 2. The van der Waals surface area contributed by atoms with E-state index in [0.717, 1.165) is 69.7 Å². The number of nitrogens with zero attached hydrogens (tertiary/aromatic N) is 3. The number of hydrogen-bond donors (Lipinski definition) is 0. The summed E-state index contributed by atoms with van der Waals surface area (Å²) in [5.41, 5.74) is 1.01. The molecule has 1 aliphatic rings. The van der Waals surface area contributed by atoms with E-state index in [2.05, 4.69) is 18.7 Å². The fraction of sp³-hybridized carbons (Fsp3) is 0.643. The maximum absolute atomic E-state index is 12.9. The van der Waals surface area contributed by atoms with Gasteiger partial charge in [0.1, 0.15) is 5.75 Å². The summed E-state index contributed by atoms with van der Waals surface area (Å²) in [6, 6.07) is 7.88. The van der Waals surface area contributed by atoms with Gasteiger partial charge in [-0.2, -0.15) is 0 Å². The van der Waals surface area contributed by atoms with Crippen LogP contribution in [0.1, 0.15) is 58.9 Å². The molecule has 0 aromatic heterocycles. The Morgan fingerprint density at radius 3 is 2.44 bits per heavy atom. The zero-order valence-corrected chi connectivity index (χ0v) is 22.0. The van der Waals surface area contributed by atoms with Crippen LogP contribution in [0.15, 0.2) is 30.3 Å². The van der Waals surface area contributed by atoms with Gasteiger partial charge in [-0.15, -0.1) is 0 Å². The number of ether oxygens (including phenoxy) is 1. The highest BCUT2D eigenvalue weighted by molar-refractivity contribution is 5.79. The molecular weight excluding hydrogens is 426 g/mol. The lowest BCUT2D eigenvalue weighted by Gasteiger charge is -2.37. The minimum Gasteiger partial charge on any atom is -0.496 e. The molecule has 2 rings (SSSR count). The van der Waals surface area contributed by atoms with Crippen molar-refractivity contribution in [1.29, 1.82) is 0 Å². The standard InChI is InChI=1S/C28H45N3O3/c1-6-8-12-24(7-2)28(33)31-21-18-29(19-22-31)17-20-30(27(32)23(3)4)16-11-14-25-13-9-10-15-26(25)34-5/h9-11,13-15,23-24H,6-8,12,16-22H2,1-5H3. The van der Waals surface area contributed by atoms with Crippen LogP contribution in [0.5, 0.6) is 5.75 Å². The molecule has 1 aromatic carbocycles. The van der Waals surface area contributed by atoms with Gasteiger partial charge in [-0.25, -0.2) is 0 Å². The summed E-state index contributed by atoms with van der Waals surface area (Å²) in [6.07, 6.45) is 8.24. The summed E-state index contributed by atoms with van der Waals surface area (Å²) in [5, 5.41) is 0. The number of hydrogen-bond acceptors (Lipinski definition) is 4. The molecule has 190 valence electrons. The van der Waals surface area contributed by atoms with E-state index >= 15 is 0 Å². The predicted molar refractivity (Wildman–Crippen MR) is 140 cm³/mol. The van der Waals surface area contributed by atoms with Gasteiger partial charge in [0, 0.05) is 63.2 Å². The summed E-state index contributed by atoms with van der Waals surface area (Å²) in [5.74, 6) is 1.45. The van der Waals surface area contributed by atoms with E-state index in [0.29, 0.717) is 19.0 Å². The smallest absolute Gasteiger partial charge is 0.225 e. The second-order valence-electron chi connectivity index (χ2n) is 9.50. The normalized spacial score (nSPS) is 15.6. The number of rotatable bonds is 13. The Balaban J connectivity index is 1.88. The van der Waals surface area contributed by atoms with Gasteiger partial charge in [0.25, 0.3) is 0 Å². The van der Waals surface area contributed by atoms with Crippen LogP contribution in [0.3, 0.4) is 0 Å². The van der Waals surface area contributed by atoms with E-state index in [9.17, 15) is 9.59 Å². The molecule has 1 saturated heterocycles. The molecule has 0 N–H and O–H groups in total. The van der Waals surface area contributed by atoms with Crippen molar-refractivity contribution < 1.29 is 14.3 Å². The van der Waals surface area contributed by atoms with Crippen LogP contribution in [0.4, 0.5) is 0 Å². The van der Waals surface area contributed by atoms with Gasteiger partial charge in [0.15, 0.2) is 0 Å². The van der Waals surface area contributed by atoms with E-state index in [1.54, 1.807) is 7.11 Å². The maximum Gasteiger partial charge on any atom is 0.225 e. The molecule has 0 aliphatic carbocycles. The minimum absolute atomic E-state index is 0.0387. The summed E-state index contributed by atoms with van der Waals surface area (Å²) < 4.78 is 5.42. The third-order valence-corrected chi connectivity index (χ3v) is 6.69. The van der Waals surface area contributed by atoms with Gasteiger partial charge >= 0.3 is 0 Å². The van der Waals surface area contributed by atoms with Crippen molar-refractivity contribution in [3.8, 4) is 5.75 Å². The molecule has 2 amide bonds. The number of methoxy groups -OCH3 is 1. The molecule has 1 unspecified atom stereocenters. The van der Waals surface area contributed by atoms with Crippen LogP contribution >= 0.6 is 0 Å². The van der Waals surface area contributed by atoms with Gasteiger partial charge < -0.3 is 14.5 Å². The fourth-order valence-electron chi connectivity index (χ4n) is 4.43. The van der Waals surface area contributed by atoms with Crippen LogP contribution in [0.2, 0.25) is 0 Å². The van der Waals surface area contributed by atoms with E-state index < -0.39 is 0 Å². The lowest BCUT2D eigenvalue weighted by Crippen LogP contribution is -2.52. The maximum atomic E-state index is 12.9. The number of carbonyl (C=O) groups excluding carboxylic acids is 2. The number of para-hydroxylation sites is 1. The molecule has 0 spiro atoms. The average molecular weight is 472 g/mol. The highest BCUT2D eigenvalue weighted by atomic mass is 16.5.